The van der Waals surface area contributed by atoms with Gasteiger partial charge in [-0.2, -0.15) is 0 Å². The van der Waals surface area contributed by atoms with Crippen molar-refractivity contribution in [3.8, 4) is 11.5 Å². The van der Waals surface area contributed by atoms with Crippen LogP contribution in [0.3, 0.4) is 0 Å². The number of nitrogens with zero attached hydrogens (tertiary/aromatic N) is 1. The summed E-state index contributed by atoms with van der Waals surface area (Å²) in [6, 6.07) is 23.1. The summed E-state index contributed by atoms with van der Waals surface area (Å²) >= 11 is 0. The van der Waals surface area contributed by atoms with Crippen molar-refractivity contribution in [3.63, 3.8) is 0 Å². The number of phenolic OH excluding ortho intramolecular Hbond substituents is 2. The third kappa shape index (κ3) is 6.05. The number of aromatic hydroxyl groups is 2. The highest BCUT2D eigenvalue weighted by Crippen LogP contribution is 2.25. The summed E-state index contributed by atoms with van der Waals surface area (Å²) in [5.74, 6) is -0.645. The zero-order valence-electron chi connectivity index (χ0n) is 15.3. The van der Waals surface area contributed by atoms with Gasteiger partial charge in [-0.3, -0.25) is 4.79 Å². The molecule has 0 aliphatic carbocycles. The first kappa shape index (κ1) is 21.5. The highest BCUT2D eigenvalue weighted by molar-refractivity contribution is 6.07. The van der Waals surface area contributed by atoms with E-state index < -0.39 is 0 Å². The van der Waals surface area contributed by atoms with Crippen LogP contribution in [0.15, 0.2) is 78.9 Å². The van der Waals surface area contributed by atoms with Crippen molar-refractivity contribution < 1.29 is 20.5 Å². The van der Waals surface area contributed by atoms with Gasteiger partial charge in [-0.1, -0.05) is 36.4 Å². The van der Waals surface area contributed by atoms with E-state index in [0.717, 1.165) is 17.4 Å². The molecule has 0 spiro atoms. The molecule has 6 nitrogen and oxygen atoms in total. The lowest BCUT2D eigenvalue weighted by Gasteiger charge is -2.17. The number of carbonyl (C=O) groups excluding carboxylic acids is 1. The zero-order chi connectivity index (χ0) is 18.9. The molecule has 6 heteroatoms. The fraction of sp³-hybridized carbons (Fsp3) is 0.0952. The van der Waals surface area contributed by atoms with Crippen LogP contribution < -0.4 is 10.2 Å². The molecule has 3 aromatic rings. The third-order valence-corrected chi connectivity index (χ3v) is 3.72. The predicted molar refractivity (Wildman–Crippen MR) is 109 cm³/mol. The number of amides is 1. The summed E-state index contributed by atoms with van der Waals surface area (Å²) in [6.07, 6.45) is 0. The van der Waals surface area contributed by atoms with Crippen LogP contribution >= 0.6 is 0 Å². The molecule has 0 unspecified atom stereocenters. The van der Waals surface area contributed by atoms with Gasteiger partial charge < -0.3 is 25.9 Å². The molecule has 0 aliphatic heterocycles. The minimum atomic E-state index is -0.335. The lowest BCUT2D eigenvalue weighted by Crippen LogP contribution is -2.26. The predicted octanol–water partition coefficient (Wildman–Crippen LogP) is 3.28. The number of nitrogens with one attached hydrogen (secondary N) is 1. The van der Waals surface area contributed by atoms with Crippen LogP contribution in [0.5, 0.6) is 11.5 Å². The van der Waals surface area contributed by atoms with E-state index in [-0.39, 0.29) is 28.4 Å². The first-order chi connectivity index (χ1) is 12.5. The molecule has 1 amide bonds. The lowest BCUT2D eigenvalue weighted by atomic mass is 10.1. The summed E-state index contributed by atoms with van der Waals surface area (Å²) in [7, 11) is 3.54. The minimum Gasteiger partial charge on any atom is -0.508 e. The van der Waals surface area contributed by atoms with Gasteiger partial charge >= 0.3 is 0 Å². The molecule has 3 aromatic carbocycles. The molecule has 5 N–H and O–H groups in total. The van der Waals surface area contributed by atoms with E-state index in [1.165, 1.54) is 17.0 Å². The van der Waals surface area contributed by atoms with E-state index in [2.05, 4.69) is 5.32 Å². The fourth-order valence-electron chi connectivity index (χ4n) is 2.26. The largest absolute Gasteiger partial charge is 0.508 e. The fourth-order valence-corrected chi connectivity index (χ4v) is 2.26. The first-order valence-electron chi connectivity index (χ1n) is 8.11. The van der Waals surface area contributed by atoms with Crippen molar-refractivity contribution in [3.05, 3.63) is 84.4 Å². The number of hydrogen-bond donors (Lipinski definition) is 3. The van der Waals surface area contributed by atoms with Crippen molar-refractivity contribution in [1.29, 1.82) is 0 Å². The van der Waals surface area contributed by atoms with Crippen molar-refractivity contribution in [1.82, 2.24) is 0 Å². The Labute approximate surface area is 158 Å². The number of benzene rings is 3. The highest BCUT2D eigenvalue weighted by Gasteiger charge is 2.17. The average molecular weight is 368 g/mol. The van der Waals surface area contributed by atoms with Crippen molar-refractivity contribution >= 4 is 17.3 Å². The smallest absolute Gasteiger partial charge is 0.261 e. The number of rotatable bonds is 3. The Morgan fingerprint density at radius 2 is 1.44 bits per heavy atom. The monoisotopic (exact) mass is 368 g/mol. The van der Waals surface area contributed by atoms with E-state index in [1.807, 2.05) is 55.6 Å². The Bertz CT molecular complexity index is 839. The molecule has 0 saturated heterocycles. The van der Waals surface area contributed by atoms with Crippen molar-refractivity contribution in [2.24, 2.45) is 0 Å². The maximum Gasteiger partial charge on any atom is 0.261 e. The van der Waals surface area contributed by atoms with E-state index in [1.54, 1.807) is 19.2 Å². The normalized spacial score (nSPS) is 9.26. The van der Waals surface area contributed by atoms with Gasteiger partial charge in [0.25, 0.3) is 5.91 Å². The number of para-hydroxylation sites is 2. The van der Waals surface area contributed by atoms with Crippen LogP contribution in [0, 0.1) is 0 Å². The number of carbonyl (C=O) groups is 1. The summed E-state index contributed by atoms with van der Waals surface area (Å²) in [4.78, 5) is 13.6. The Morgan fingerprint density at radius 3 is 1.93 bits per heavy atom. The molecule has 3 rings (SSSR count). The van der Waals surface area contributed by atoms with E-state index >= 15 is 0 Å². The molecule has 0 saturated carbocycles. The molecule has 0 bridgehead atoms. The highest BCUT2D eigenvalue weighted by atomic mass is 16.3. The van der Waals surface area contributed by atoms with Crippen LogP contribution in [0.4, 0.5) is 11.4 Å². The Hall–Kier alpha value is -3.51. The van der Waals surface area contributed by atoms with E-state index in [9.17, 15) is 15.0 Å². The van der Waals surface area contributed by atoms with Crippen LogP contribution in [-0.2, 0) is 0 Å². The van der Waals surface area contributed by atoms with Gasteiger partial charge in [-0.25, -0.2) is 0 Å². The van der Waals surface area contributed by atoms with Gasteiger partial charge in [0.2, 0.25) is 0 Å². The molecule has 0 fully saturated rings. The molecule has 0 aliphatic rings. The quantitative estimate of drug-likeness (QED) is 0.660. The first-order valence-corrected chi connectivity index (χ1v) is 8.11. The Balaban J connectivity index is 0.000000342. The summed E-state index contributed by atoms with van der Waals surface area (Å²) < 4.78 is 0. The molecular weight excluding hydrogens is 344 g/mol. The van der Waals surface area contributed by atoms with Gasteiger partial charge in [0, 0.05) is 31.5 Å². The zero-order valence-corrected chi connectivity index (χ0v) is 15.3. The van der Waals surface area contributed by atoms with Gasteiger partial charge in [-0.05, 0) is 36.4 Å². The molecular formula is C21H24N2O4. The third-order valence-electron chi connectivity index (χ3n) is 3.72. The Kier molecular flexibility index (Phi) is 8.35. The second-order valence-electron chi connectivity index (χ2n) is 5.52. The topological polar surface area (TPSA) is 104 Å². The van der Waals surface area contributed by atoms with Crippen molar-refractivity contribution in [2.45, 2.75) is 0 Å². The maximum atomic E-state index is 12.2. The minimum absolute atomic E-state index is 0. The van der Waals surface area contributed by atoms with E-state index in [4.69, 9.17) is 0 Å². The lowest BCUT2D eigenvalue weighted by molar-refractivity contribution is 0.0990. The summed E-state index contributed by atoms with van der Waals surface area (Å²) in [6.45, 7) is 0. The van der Waals surface area contributed by atoms with Gasteiger partial charge in [0.15, 0.2) is 0 Å². The number of phenols is 2. The van der Waals surface area contributed by atoms with Crippen molar-refractivity contribution in [2.75, 3.05) is 24.3 Å². The van der Waals surface area contributed by atoms with Crippen LogP contribution in [0.1, 0.15) is 10.4 Å². The number of anilines is 2. The standard InChI is InChI=1S/C14H13NO3.C7H9N.H2O/c1-15(10-5-3-2-4-6-10)14(18)12-8-7-11(16)9-13(12)17;1-8-7-5-3-2-4-6-7;/h2-9,16-17H,1H3;2-6,8H,1H3;1H2. The summed E-state index contributed by atoms with van der Waals surface area (Å²) in [5, 5.41) is 21.9. The van der Waals surface area contributed by atoms with Crippen LogP contribution in [0.2, 0.25) is 0 Å². The van der Waals surface area contributed by atoms with Crippen LogP contribution in [0.25, 0.3) is 0 Å². The Morgan fingerprint density at radius 1 is 0.889 bits per heavy atom. The SMILES string of the molecule is CN(C(=O)c1ccc(O)cc1O)c1ccccc1.CNc1ccccc1.O. The molecule has 0 heterocycles. The van der Waals surface area contributed by atoms with Crippen LogP contribution in [-0.4, -0.2) is 35.7 Å². The molecule has 0 aromatic heterocycles. The second-order valence-corrected chi connectivity index (χ2v) is 5.52. The number of hydrogen-bond acceptors (Lipinski definition) is 4. The molecule has 27 heavy (non-hydrogen) atoms. The molecule has 142 valence electrons. The van der Waals surface area contributed by atoms with Gasteiger partial charge in [0.1, 0.15) is 11.5 Å². The molecule has 0 radical (unpaired) electrons. The van der Waals surface area contributed by atoms with E-state index in [0.29, 0.717) is 0 Å². The maximum absolute atomic E-state index is 12.2. The molecule has 0 atom stereocenters. The van der Waals surface area contributed by atoms with Gasteiger partial charge in [0.05, 0.1) is 5.56 Å². The summed E-state index contributed by atoms with van der Waals surface area (Å²) in [5.41, 5.74) is 2.04. The second kappa shape index (κ2) is 10.5. The van der Waals surface area contributed by atoms with Gasteiger partial charge in [-0.15, -0.1) is 0 Å². The average Bonchev–Trinajstić information content (AvgIpc) is 2.69.